The molecule has 1 aromatic rings. The van der Waals surface area contributed by atoms with Crippen LogP contribution in [0.4, 0.5) is 0 Å². The molecule has 0 spiro atoms. The molecule has 0 saturated carbocycles. The van der Waals surface area contributed by atoms with Crippen LogP contribution >= 0.6 is 0 Å². The van der Waals surface area contributed by atoms with Crippen LogP contribution < -0.4 is 5.73 Å². The third kappa shape index (κ3) is 3.30. The quantitative estimate of drug-likeness (QED) is 0.845. The fourth-order valence-electron chi connectivity index (χ4n) is 2.65. The van der Waals surface area contributed by atoms with Crippen LogP contribution in [0.2, 0.25) is 0 Å². The highest BCUT2D eigenvalue weighted by Crippen LogP contribution is 2.16. The monoisotopic (exact) mass is 236 g/mol. The second-order valence-corrected chi connectivity index (χ2v) is 5.02. The fourth-order valence-corrected chi connectivity index (χ4v) is 2.65. The number of hydrogen-bond acceptors (Lipinski definition) is 3. The maximum absolute atomic E-state index is 5.66. The van der Waals surface area contributed by atoms with Crippen molar-refractivity contribution in [3.05, 3.63) is 18.2 Å². The number of aryl methyl sites for hydroxylation is 1. The van der Waals surface area contributed by atoms with E-state index in [2.05, 4.69) is 21.4 Å². The highest BCUT2D eigenvalue weighted by atomic mass is 15.2. The second-order valence-electron chi connectivity index (χ2n) is 5.02. The Bertz CT molecular complexity index is 334. The summed E-state index contributed by atoms with van der Waals surface area (Å²) in [6.45, 7) is 6.44. The van der Waals surface area contributed by atoms with Crippen LogP contribution in [-0.2, 0) is 13.1 Å². The lowest BCUT2D eigenvalue weighted by Crippen LogP contribution is -2.38. The Kier molecular flexibility index (Phi) is 4.57. The number of piperidine rings is 1. The van der Waals surface area contributed by atoms with Crippen LogP contribution in [0.1, 0.15) is 38.3 Å². The zero-order valence-electron chi connectivity index (χ0n) is 10.8. The van der Waals surface area contributed by atoms with E-state index in [1.165, 1.54) is 38.8 Å². The van der Waals surface area contributed by atoms with E-state index in [1.54, 1.807) is 0 Å². The van der Waals surface area contributed by atoms with Crippen molar-refractivity contribution in [2.24, 2.45) is 5.73 Å². The number of imidazole rings is 1. The van der Waals surface area contributed by atoms with Gasteiger partial charge in [-0.05, 0) is 32.7 Å². The average molecular weight is 236 g/mol. The van der Waals surface area contributed by atoms with Crippen molar-refractivity contribution in [1.29, 1.82) is 0 Å². The number of rotatable bonds is 5. The van der Waals surface area contributed by atoms with Crippen molar-refractivity contribution in [3.8, 4) is 0 Å². The van der Waals surface area contributed by atoms with Gasteiger partial charge >= 0.3 is 0 Å². The minimum absolute atomic E-state index is 0.583. The molecule has 0 aromatic carbocycles. The van der Waals surface area contributed by atoms with Gasteiger partial charge in [0.2, 0.25) is 0 Å². The molecule has 0 aliphatic carbocycles. The van der Waals surface area contributed by atoms with Gasteiger partial charge in [-0.25, -0.2) is 4.98 Å². The van der Waals surface area contributed by atoms with Crippen molar-refractivity contribution in [2.45, 2.75) is 51.7 Å². The molecule has 2 N–H and O–H groups in total. The molecule has 0 bridgehead atoms. The minimum Gasteiger partial charge on any atom is -0.333 e. The molecule has 4 nitrogen and oxygen atoms in total. The highest BCUT2D eigenvalue weighted by molar-refractivity contribution is 4.96. The van der Waals surface area contributed by atoms with E-state index in [0.29, 0.717) is 6.54 Å². The summed E-state index contributed by atoms with van der Waals surface area (Å²) in [5, 5.41) is 0. The van der Waals surface area contributed by atoms with E-state index in [-0.39, 0.29) is 0 Å². The molecule has 2 heterocycles. The van der Waals surface area contributed by atoms with Gasteiger partial charge in [0, 0.05) is 31.9 Å². The average Bonchev–Trinajstić information content (AvgIpc) is 2.79. The molecule has 17 heavy (non-hydrogen) atoms. The summed E-state index contributed by atoms with van der Waals surface area (Å²) >= 11 is 0. The van der Waals surface area contributed by atoms with Gasteiger partial charge in [0.1, 0.15) is 0 Å². The Balaban J connectivity index is 1.75. The first kappa shape index (κ1) is 12.6. The lowest BCUT2D eigenvalue weighted by Gasteiger charge is -2.33. The van der Waals surface area contributed by atoms with Crippen molar-refractivity contribution in [1.82, 2.24) is 14.5 Å². The molecule has 1 atom stereocenters. The van der Waals surface area contributed by atoms with E-state index in [4.69, 9.17) is 5.73 Å². The van der Waals surface area contributed by atoms with E-state index >= 15 is 0 Å². The van der Waals surface area contributed by atoms with Gasteiger partial charge in [-0.15, -0.1) is 0 Å². The van der Waals surface area contributed by atoms with Crippen LogP contribution in [0, 0.1) is 0 Å². The zero-order valence-corrected chi connectivity index (χ0v) is 10.8. The highest BCUT2D eigenvalue weighted by Gasteiger charge is 2.17. The molecule has 0 amide bonds. The van der Waals surface area contributed by atoms with Gasteiger partial charge in [0.05, 0.1) is 12.0 Å². The smallest absolute Gasteiger partial charge is 0.0948 e. The summed E-state index contributed by atoms with van der Waals surface area (Å²) in [5.41, 5.74) is 6.80. The lowest BCUT2D eigenvalue weighted by atomic mass is 10.0. The minimum atomic E-state index is 0.583. The van der Waals surface area contributed by atoms with Crippen molar-refractivity contribution < 1.29 is 0 Å². The summed E-state index contributed by atoms with van der Waals surface area (Å²) in [4.78, 5) is 6.76. The van der Waals surface area contributed by atoms with Crippen LogP contribution in [-0.4, -0.2) is 33.6 Å². The topological polar surface area (TPSA) is 47.1 Å². The first-order valence-electron chi connectivity index (χ1n) is 6.74. The van der Waals surface area contributed by atoms with Gasteiger partial charge < -0.3 is 15.2 Å². The standard InChI is InChI=1S/C13H24N4/c1-12-5-2-3-6-16(12)7-4-8-17-11-15-10-13(17)9-14/h10-12H,2-9,14H2,1H3. The third-order valence-corrected chi connectivity index (χ3v) is 3.79. The third-order valence-electron chi connectivity index (χ3n) is 3.79. The maximum atomic E-state index is 5.66. The lowest BCUT2D eigenvalue weighted by molar-refractivity contribution is 0.156. The fraction of sp³-hybridized carbons (Fsp3) is 0.769. The maximum Gasteiger partial charge on any atom is 0.0948 e. The number of likely N-dealkylation sites (tertiary alicyclic amines) is 1. The molecule has 96 valence electrons. The molecule has 1 saturated heterocycles. The number of aromatic nitrogens is 2. The molecule has 1 aromatic heterocycles. The largest absolute Gasteiger partial charge is 0.333 e. The number of nitrogens with two attached hydrogens (primary N) is 1. The normalized spacial score (nSPS) is 21.9. The van der Waals surface area contributed by atoms with E-state index in [9.17, 15) is 0 Å². The van der Waals surface area contributed by atoms with E-state index < -0.39 is 0 Å². The van der Waals surface area contributed by atoms with Crippen molar-refractivity contribution in [3.63, 3.8) is 0 Å². The molecule has 1 unspecified atom stereocenters. The van der Waals surface area contributed by atoms with E-state index in [1.807, 2.05) is 12.5 Å². The summed E-state index contributed by atoms with van der Waals surface area (Å²) in [7, 11) is 0. The molecule has 2 rings (SSSR count). The molecular weight excluding hydrogens is 212 g/mol. The second kappa shape index (κ2) is 6.17. The van der Waals surface area contributed by atoms with Gasteiger partial charge in [0.15, 0.2) is 0 Å². The summed E-state index contributed by atoms with van der Waals surface area (Å²) < 4.78 is 2.18. The Morgan fingerprint density at radius 1 is 1.41 bits per heavy atom. The van der Waals surface area contributed by atoms with Crippen molar-refractivity contribution >= 4 is 0 Å². The first-order valence-corrected chi connectivity index (χ1v) is 6.74. The molecule has 0 radical (unpaired) electrons. The Hall–Kier alpha value is -0.870. The molecule has 1 aliphatic rings. The van der Waals surface area contributed by atoms with Gasteiger partial charge in [-0.2, -0.15) is 0 Å². The SMILES string of the molecule is CC1CCCCN1CCCn1cncc1CN. The summed E-state index contributed by atoms with van der Waals surface area (Å²) in [6, 6.07) is 0.764. The first-order chi connectivity index (χ1) is 8.31. The Morgan fingerprint density at radius 2 is 2.29 bits per heavy atom. The predicted molar refractivity (Wildman–Crippen MR) is 69.6 cm³/mol. The van der Waals surface area contributed by atoms with Crippen LogP contribution in [0.3, 0.4) is 0 Å². The van der Waals surface area contributed by atoms with E-state index in [0.717, 1.165) is 18.3 Å². The predicted octanol–water partition coefficient (Wildman–Crippen LogP) is 1.61. The van der Waals surface area contributed by atoms with Crippen LogP contribution in [0.5, 0.6) is 0 Å². The van der Waals surface area contributed by atoms with Crippen LogP contribution in [0.15, 0.2) is 12.5 Å². The molecular formula is C13H24N4. The Labute approximate surface area is 104 Å². The van der Waals surface area contributed by atoms with Crippen molar-refractivity contribution in [2.75, 3.05) is 13.1 Å². The molecule has 1 aliphatic heterocycles. The zero-order chi connectivity index (χ0) is 12.1. The molecule has 4 heteroatoms. The van der Waals surface area contributed by atoms with Crippen LogP contribution in [0.25, 0.3) is 0 Å². The summed E-state index contributed by atoms with van der Waals surface area (Å²) in [6.07, 6.45) is 9.07. The Morgan fingerprint density at radius 3 is 3.06 bits per heavy atom. The van der Waals surface area contributed by atoms with Gasteiger partial charge in [-0.1, -0.05) is 6.42 Å². The summed E-state index contributed by atoms with van der Waals surface area (Å²) in [5.74, 6) is 0. The number of nitrogens with zero attached hydrogens (tertiary/aromatic N) is 3. The number of hydrogen-bond donors (Lipinski definition) is 1. The van der Waals surface area contributed by atoms with Gasteiger partial charge in [-0.3, -0.25) is 0 Å². The molecule has 1 fully saturated rings. The van der Waals surface area contributed by atoms with Gasteiger partial charge in [0.25, 0.3) is 0 Å².